The summed E-state index contributed by atoms with van der Waals surface area (Å²) >= 11 is 3.00. The lowest BCUT2D eigenvalue weighted by atomic mass is 10.3. The van der Waals surface area contributed by atoms with E-state index >= 15 is 0 Å². The highest BCUT2D eigenvalue weighted by Crippen LogP contribution is 2.20. The van der Waals surface area contributed by atoms with Crippen LogP contribution in [0.2, 0.25) is 0 Å². The monoisotopic (exact) mass is 296 g/mol. The Kier molecular flexibility index (Phi) is 4.00. The van der Waals surface area contributed by atoms with Crippen molar-refractivity contribution < 1.29 is 0 Å². The van der Waals surface area contributed by atoms with E-state index in [1.165, 1.54) is 27.9 Å². The number of anilines is 1. The molecule has 0 unspecified atom stereocenters. The second kappa shape index (κ2) is 5.89. The van der Waals surface area contributed by atoms with Crippen LogP contribution in [-0.4, -0.2) is 50.0 Å². The molecule has 0 aromatic carbocycles. The average molecular weight is 296 g/mol. The number of aromatic nitrogens is 4. The molecule has 19 heavy (non-hydrogen) atoms. The smallest absolute Gasteiger partial charge is 0.205 e. The van der Waals surface area contributed by atoms with Crippen molar-refractivity contribution in [3.05, 3.63) is 16.9 Å². The number of rotatable bonds is 4. The third-order valence-electron chi connectivity index (χ3n) is 3.20. The predicted molar refractivity (Wildman–Crippen MR) is 76.7 cm³/mol. The van der Waals surface area contributed by atoms with E-state index in [4.69, 9.17) is 0 Å². The fourth-order valence-electron chi connectivity index (χ4n) is 2.09. The van der Waals surface area contributed by atoms with Gasteiger partial charge in [0.05, 0.1) is 11.1 Å². The molecule has 3 rings (SSSR count). The Morgan fingerprint density at radius 1 is 1.21 bits per heavy atom. The molecule has 0 atom stereocenters. The van der Waals surface area contributed by atoms with Crippen molar-refractivity contribution in [2.45, 2.75) is 19.9 Å². The Labute approximate surface area is 120 Å². The van der Waals surface area contributed by atoms with Gasteiger partial charge in [-0.05, 0) is 11.5 Å². The molecule has 0 spiro atoms. The standard InChI is InChI=1S/C11H16N6S2/c1-2-10-13-11(19-14-10)17-5-3-16(4-6-17)8-9-7-12-15-18-9/h7H,2-6,8H2,1H3. The van der Waals surface area contributed by atoms with Crippen molar-refractivity contribution >= 4 is 28.2 Å². The Balaban J connectivity index is 1.54. The number of hydrogen-bond acceptors (Lipinski definition) is 8. The van der Waals surface area contributed by atoms with Crippen molar-refractivity contribution in [1.82, 2.24) is 23.8 Å². The van der Waals surface area contributed by atoms with Crippen molar-refractivity contribution in [1.29, 1.82) is 0 Å². The molecule has 1 aliphatic heterocycles. The molecular formula is C11H16N6S2. The van der Waals surface area contributed by atoms with Crippen LogP contribution in [0.25, 0.3) is 0 Å². The Morgan fingerprint density at radius 3 is 2.68 bits per heavy atom. The molecule has 0 N–H and O–H groups in total. The van der Waals surface area contributed by atoms with Gasteiger partial charge in [0.15, 0.2) is 0 Å². The van der Waals surface area contributed by atoms with Gasteiger partial charge in [-0.25, -0.2) is 4.98 Å². The lowest BCUT2D eigenvalue weighted by Crippen LogP contribution is -2.45. The van der Waals surface area contributed by atoms with Crippen molar-refractivity contribution in [3.8, 4) is 0 Å². The van der Waals surface area contributed by atoms with E-state index in [9.17, 15) is 0 Å². The van der Waals surface area contributed by atoms with Crippen LogP contribution in [0, 0.1) is 0 Å². The zero-order valence-corrected chi connectivity index (χ0v) is 12.5. The molecule has 0 bridgehead atoms. The van der Waals surface area contributed by atoms with E-state index < -0.39 is 0 Å². The van der Waals surface area contributed by atoms with Crippen LogP contribution in [0.1, 0.15) is 17.6 Å². The lowest BCUT2D eigenvalue weighted by molar-refractivity contribution is 0.251. The quantitative estimate of drug-likeness (QED) is 0.847. The molecule has 0 aliphatic carbocycles. The fraction of sp³-hybridized carbons (Fsp3) is 0.636. The van der Waals surface area contributed by atoms with Crippen molar-refractivity contribution in [2.75, 3.05) is 31.1 Å². The predicted octanol–water partition coefficient (Wildman–Crippen LogP) is 1.27. The molecule has 2 aromatic rings. The molecule has 102 valence electrons. The lowest BCUT2D eigenvalue weighted by Gasteiger charge is -2.33. The van der Waals surface area contributed by atoms with Gasteiger partial charge < -0.3 is 4.90 Å². The zero-order valence-electron chi connectivity index (χ0n) is 10.8. The molecule has 0 radical (unpaired) electrons. The number of aryl methyl sites for hydroxylation is 1. The molecule has 2 aromatic heterocycles. The van der Waals surface area contributed by atoms with Crippen LogP contribution in [0.4, 0.5) is 5.13 Å². The van der Waals surface area contributed by atoms with Gasteiger partial charge in [-0.2, -0.15) is 4.37 Å². The normalized spacial score (nSPS) is 17.0. The van der Waals surface area contributed by atoms with Gasteiger partial charge in [-0.3, -0.25) is 4.90 Å². The van der Waals surface area contributed by atoms with Crippen LogP contribution >= 0.6 is 23.1 Å². The van der Waals surface area contributed by atoms with Crippen LogP contribution in [-0.2, 0) is 13.0 Å². The SMILES string of the molecule is CCc1nsc(N2CCN(Cc3cnns3)CC2)n1. The summed E-state index contributed by atoms with van der Waals surface area (Å²) in [6.07, 6.45) is 2.77. The topological polar surface area (TPSA) is 58.0 Å². The minimum atomic E-state index is 0.912. The van der Waals surface area contributed by atoms with Gasteiger partial charge in [-0.15, -0.1) is 5.10 Å². The van der Waals surface area contributed by atoms with Gasteiger partial charge in [0.2, 0.25) is 5.13 Å². The first kappa shape index (κ1) is 12.9. The first-order valence-corrected chi connectivity index (χ1v) is 7.96. The minimum Gasteiger partial charge on any atom is -0.344 e. The van der Waals surface area contributed by atoms with Crippen LogP contribution in [0.3, 0.4) is 0 Å². The maximum absolute atomic E-state index is 4.55. The maximum atomic E-state index is 4.55. The largest absolute Gasteiger partial charge is 0.344 e. The highest BCUT2D eigenvalue weighted by atomic mass is 32.1. The van der Waals surface area contributed by atoms with Crippen molar-refractivity contribution in [3.63, 3.8) is 0 Å². The second-order valence-electron chi connectivity index (χ2n) is 4.49. The zero-order chi connectivity index (χ0) is 13.1. The third-order valence-corrected chi connectivity index (χ3v) is 4.66. The first-order chi connectivity index (χ1) is 9.35. The number of nitrogens with zero attached hydrogens (tertiary/aromatic N) is 6. The van der Waals surface area contributed by atoms with Gasteiger partial charge in [-0.1, -0.05) is 11.4 Å². The van der Waals surface area contributed by atoms with E-state index in [-0.39, 0.29) is 0 Å². The summed E-state index contributed by atoms with van der Waals surface area (Å²) in [6.45, 7) is 7.20. The highest BCUT2D eigenvalue weighted by Gasteiger charge is 2.20. The van der Waals surface area contributed by atoms with Gasteiger partial charge in [0.1, 0.15) is 5.82 Å². The first-order valence-electron chi connectivity index (χ1n) is 6.41. The Hall–Kier alpha value is -1.12. The third kappa shape index (κ3) is 3.07. The molecule has 6 nitrogen and oxygen atoms in total. The summed E-state index contributed by atoms with van der Waals surface area (Å²) in [5.41, 5.74) is 0. The molecule has 3 heterocycles. The van der Waals surface area contributed by atoms with Gasteiger partial charge in [0, 0.05) is 50.7 Å². The Morgan fingerprint density at radius 2 is 2.05 bits per heavy atom. The average Bonchev–Trinajstić information content (AvgIpc) is 3.10. The maximum Gasteiger partial charge on any atom is 0.205 e. The fourth-order valence-corrected chi connectivity index (χ4v) is 3.43. The molecular weight excluding hydrogens is 280 g/mol. The van der Waals surface area contributed by atoms with Gasteiger partial charge in [0.25, 0.3) is 0 Å². The number of piperazine rings is 1. The van der Waals surface area contributed by atoms with E-state index in [0.717, 1.165) is 50.1 Å². The summed E-state index contributed by atoms with van der Waals surface area (Å²) in [7, 11) is 0. The molecule has 1 aliphatic rings. The highest BCUT2D eigenvalue weighted by molar-refractivity contribution is 7.09. The van der Waals surface area contributed by atoms with Crippen LogP contribution in [0.15, 0.2) is 6.20 Å². The molecule has 1 fully saturated rings. The van der Waals surface area contributed by atoms with Crippen molar-refractivity contribution in [2.24, 2.45) is 0 Å². The van der Waals surface area contributed by atoms with Crippen LogP contribution < -0.4 is 4.90 Å². The van der Waals surface area contributed by atoms with E-state index in [1.54, 1.807) is 0 Å². The molecule has 1 saturated heterocycles. The van der Waals surface area contributed by atoms with E-state index in [0.29, 0.717) is 0 Å². The number of hydrogen-bond donors (Lipinski definition) is 0. The second-order valence-corrected chi connectivity index (χ2v) is 6.09. The molecule has 8 heteroatoms. The summed E-state index contributed by atoms with van der Waals surface area (Å²) in [5.74, 6) is 0.957. The minimum absolute atomic E-state index is 0.912. The van der Waals surface area contributed by atoms with E-state index in [1.807, 2.05) is 6.20 Å². The summed E-state index contributed by atoms with van der Waals surface area (Å²) < 4.78 is 8.25. The molecule has 0 amide bonds. The summed E-state index contributed by atoms with van der Waals surface area (Å²) in [4.78, 5) is 10.6. The Bertz CT molecular complexity index is 503. The molecule has 0 saturated carbocycles. The summed E-state index contributed by atoms with van der Waals surface area (Å²) in [6, 6.07) is 0. The van der Waals surface area contributed by atoms with E-state index in [2.05, 4.69) is 35.7 Å². The van der Waals surface area contributed by atoms with Crippen LogP contribution in [0.5, 0.6) is 0 Å². The van der Waals surface area contributed by atoms with Gasteiger partial charge >= 0.3 is 0 Å². The summed E-state index contributed by atoms with van der Waals surface area (Å²) in [5, 5.41) is 4.94.